The number of ketones is 2. The number of carbonyl (C=O) groups is 2. The number of halogens is 2. The Morgan fingerprint density at radius 3 is 0.718 bits per heavy atom. The van der Waals surface area contributed by atoms with Gasteiger partial charge in [-0.3, -0.25) is 9.59 Å². The molecule has 0 aliphatic carbocycles. The third kappa shape index (κ3) is 15.4. The van der Waals surface area contributed by atoms with Crippen LogP contribution in [0.25, 0.3) is 24.3 Å². The van der Waals surface area contributed by atoms with Crippen LogP contribution in [-0.4, -0.2) is 11.6 Å². The van der Waals surface area contributed by atoms with Gasteiger partial charge >= 0.3 is 20.4 Å². The van der Waals surface area contributed by atoms with Gasteiger partial charge in [0.05, 0.1) is 0 Å². The zero-order chi connectivity index (χ0) is 25.3. The van der Waals surface area contributed by atoms with Crippen molar-refractivity contribution in [3.8, 4) is 0 Å². The van der Waals surface area contributed by atoms with E-state index in [1.54, 1.807) is 24.3 Å². The van der Waals surface area contributed by atoms with Crippen molar-refractivity contribution in [2.75, 3.05) is 0 Å². The summed E-state index contributed by atoms with van der Waals surface area (Å²) in [6.07, 6.45) is 13.6. The van der Waals surface area contributed by atoms with Gasteiger partial charge in [0, 0.05) is 0 Å². The van der Waals surface area contributed by atoms with Gasteiger partial charge in [0.2, 0.25) is 0 Å². The molecule has 2 nitrogen and oxygen atoms in total. The molecule has 0 saturated carbocycles. The van der Waals surface area contributed by atoms with Crippen molar-refractivity contribution in [1.82, 2.24) is 0 Å². The van der Waals surface area contributed by atoms with Gasteiger partial charge in [0.25, 0.3) is 0 Å². The standard InChI is InChI=1S/2C17H14O.2ClH.Pd/c2*18-17(13-11-15-7-3-1-4-8-15)14-12-16-9-5-2-6-10-16;;;/h2*1-14H;2*1H;/q;;;;+2/p-2/b2*13-11-,14-12+;;;. The Bertz CT molecular complexity index is 1120. The number of carbonyl (C=O) groups excluding carboxylic acids is 2. The van der Waals surface area contributed by atoms with Crippen molar-refractivity contribution in [3.63, 3.8) is 0 Å². The molecule has 0 aromatic heterocycles. The molecule has 0 aliphatic heterocycles. The van der Waals surface area contributed by atoms with E-state index in [2.05, 4.69) is 0 Å². The van der Waals surface area contributed by atoms with Crippen LogP contribution in [0.2, 0.25) is 0 Å². The summed E-state index contributed by atoms with van der Waals surface area (Å²) in [5.41, 5.74) is 4.11. The second-order valence-electron chi connectivity index (χ2n) is 7.78. The molecule has 0 spiro atoms. The van der Waals surface area contributed by atoms with Crippen LogP contribution in [0.1, 0.15) is 22.3 Å². The minimum Gasteiger partial charge on any atom is -1.00 e. The molecule has 0 radical (unpaired) electrons. The third-order valence-corrected chi connectivity index (χ3v) is 4.96. The Labute approximate surface area is 257 Å². The van der Waals surface area contributed by atoms with E-state index in [0.29, 0.717) is 0 Å². The van der Waals surface area contributed by atoms with E-state index in [1.807, 2.05) is 146 Å². The molecule has 0 saturated heterocycles. The van der Waals surface area contributed by atoms with Crippen LogP contribution in [-0.2, 0) is 30.0 Å². The fraction of sp³-hybridized carbons (Fsp3) is 0. The first-order valence-corrected chi connectivity index (χ1v) is 11.7. The Balaban J connectivity index is 0.000000688. The average Bonchev–Trinajstić information content (AvgIpc) is 2.95. The number of hydrogen-bond donors (Lipinski definition) is 0. The molecule has 0 fully saturated rings. The van der Waals surface area contributed by atoms with Crippen LogP contribution < -0.4 is 24.8 Å². The van der Waals surface area contributed by atoms with Crippen molar-refractivity contribution in [3.05, 3.63) is 168 Å². The molecule has 0 heterocycles. The third-order valence-electron chi connectivity index (χ3n) is 4.96. The Hall–Kier alpha value is -3.58. The zero-order valence-electron chi connectivity index (χ0n) is 21.1. The summed E-state index contributed by atoms with van der Waals surface area (Å²) in [7, 11) is 0. The number of rotatable bonds is 8. The van der Waals surface area contributed by atoms with Gasteiger partial charge in [-0.05, 0) is 46.6 Å². The van der Waals surface area contributed by atoms with Crippen LogP contribution in [0.3, 0.4) is 0 Å². The predicted molar refractivity (Wildman–Crippen MR) is 152 cm³/mol. The SMILES string of the molecule is O=C(/C=C\c1ccccc1)/C=C/c1ccccc1.O=C(/C=C\c1ccccc1)/C=C/c1ccccc1.[Cl-].[Cl-].[Pd+2]. The molecule has 0 bridgehead atoms. The minimum absolute atomic E-state index is 0. The normalized spacial score (nSPS) is 10.3. The van der Waals surface area contributed by atoms with Gasteiger partial charge in [0.1, 0.15) is 0 Å². The van der Waals surface area contributed by atoms with Gasteiger partial charge < -0.3 is 24.8 Å². The van der Waals surface area contributed by atoms with Gasteiger partial charge in [-0.2, -0.15) is 0 Å². The quantitative estimate of drug-likeness (QED) is 0.217. The fourth-order valence-electron chi connectivity index (χ4n) is 3.08. The van der Waals surface area contributed by atoms with Crippen LogP contribution in [0.5, 0.6) is 0 Å². The summed E-state index contributed by atoms with van der Waals surface area (Å²) >= 11 is 0. The molecular formula is C34H28Cl2O2Pd. The first-order valence-electron chi connectivity index (χ1n) is 11.7. The molecule has 0 amide bonds. The first kappa shape index (κ1) is 35.4. The predicted octanol–water partition coefficient (Wildman–Crippen LogP) is 1.97. The van der Waals surface area contributed by atoms with Gasteiger partial charge in [-0.1, -0.05) is 146 Å². The van der Waals surface area contributed by atoms with Gasteiger partial charge in [-0.25, -0.2) is 0 Å². The average molecular weight is 646 g/mol. The topological polar surface area (TPSA) is 34.1 Å². The maximum atomic E-state index is 11.6. The molecular weight excluding hydrogens is 618 g/mol. The second kappa shape index (κ2) is 21.4. The monoisotopic (exact) mass is 644 g/mol. The maximum absolute atomic E-state index is 11.6. The first-order chi connectivity index (χ1) is 17.7. The van der Waals surface area contributed by atoms with Crippen molar-refractivity contribution in [1.29, 1.82) is 0 Å². The fourth-order valence-corrected chi connectivity index (χ4v) is 3.08. The van der Waals surface area contributed by atoms with E-state index in [4.69, 9.17) is 0 Å². The van der Waals surface area contributed by atoms with E-state index in [9.17, 15) is 9.59 Å². The van der Waals surface area contributed by atoms with Crippen molar-refractivity contribution < 1.29 is 54.8 Å². The van der Waals surface area contributed by atoms with E-state index in [0.717, 1.165) is 22.3 Å². The molecule has 200 valence electrons. The summed E-state index contributed by atoms with van der Waals surface area (Å²) in [6.45, 7) is 0. The largest absolute Gasteiger partial charge is 2.00 e. The van der Waals surface area contributed by atoms with E-state index in [-0.39, 0.29) is 56.8 Å². The molecule has 0 aliphatic rings. The summed E-state index contributed by atoms with van der Waals surface area (Å²) in [6, 6.07) is 39.1. The molecule has 39 heavy (non-hydrogen) atoms. The molecule has 4 aromatic rings. The van der Waals surface area contributed by atoms with Crippen LogP contribution in [0.15, 0.2) is 146 Å². The van der Waals surface area contributed by atoms with Crippen LogP contribution >= 0.6 is 0 Å². The Morgan fingerprint density at radius 2 is 0.538 bits per heavy atom. The van der Waals surface area contributed by atoms with Crippen molar-refractivity contribution in [2.45, 2.75) is 0 Å². The number of benzene rings is 4. The van der Waals surface area contributed by atoms with E-state index in [1.165, 1.54) is 0 Å². The number of allylic oxidation sites excluding steroid dienone is 4. The van der Waals surface area contributed by atoms with Crippen LogP contribution in [0, 0.1) is 0 Å². The number of hydrogen-bond acceptors (Lipinski definition) is 2. The molecule has 5 heteroatoms. The van der Waals surface area contributed by atoms with Crippen molar-refractivity contribution in [2.24, 2.45) is 0 Å². The van der Waals surface area contributed by atoms with E-state index >= 15 is 0 Å². The zero-order valence-corrected chi connectivity index (χ0v) is 24.1. The smallest absolute Gasteiger partial charge is 1.00 e. The van der Waals surface area contributed by atoms with Crippen LogP contribution in [0.4, 0.5) is 0 Å². The van der Waals surface area contributed by atoms with Crippen molar-refractivity contribution >= 4 is 35.9 Å². The molecule has 0 atom stereocenters. The summed E-state index contributed by atoms with van der Waals surface area (Å²) < 4.78 is 0. The second-order valence-corrected chi connectivity index (χ2v) is 7.78. The Kier molecular flexibility index (Phi) is 19.4. The summed E-state index contributed by atoms with van der Waals surface area (Å²) in [5.74, 6) is -0.0228. The van der Waals surface area contributed by atoms with E-state index < -0.39 is 0 Å². The van der Waals surface area contributed by atoms with Gasteiger partial charge in [0.15, 0.2) is 11.6 Å². The van der Waals surface area contributed by atoms with Gasteiger partial charge in [-0.15, -0.1) is 0 Å². The molecule has 4 rings (SSSR count). The molecule has 4 aromatic carbocycles. The maximum Gasteiger partial charge on any atom is 2.00 e. The summed E-state index contributed by atoms with van der Waals surface area (Å²) in [4.78, 5) is 23.2. The summed E-state index contributed by atoms with van der Waals surface area (Å²) in [5, 5.41) is 0. The minimum atomic E-state index is -0.0114. The molecule has 0 N–H and O–H groups in total. The Morgan fingerprint density at radius 1 is 0.359 bits per heavy atom. The molecule has 0 unspecified atom stereocenters.